The summed E-state index contributed by atoms with van der Waals surface area (Å²) in [6.07, 6.45) is 10.0. The Morgan fingerprint density at radius 1 is 1.22 bits per heavy atom. The van der Waals surface area contributed by atoms with E-state index in [0.717, 1.165) is 19.4 Å². The molecule has 1 amide bonds. The maximum Gasteiger partial charge on any atom is 0.261 e. The van der Waals surface area contributed by atoms with E-state index in [9.17, 15) is 9.59 Å². The van der Waals surface area contributed by atoms with E-state index < -0.39 is 0 Å². The Hall–Kier alpha value is -2.24. The minimum absolute atomic E-state index is 0.0517. The maximum absolute atomic E-state index is 12.5. The third kappa shape index (κ3) is 2.62. The predicted molar refractivity (Wildman–Crippen MR) is 85.9 cm³/mol. The lowest BCUT2D eigenvalue weighted by atomic mass is 10.1. The first-order chi connectivity index (χ1) is 11.2. The minimum atomic E-state index is -0.0517. The lowest BCUT2D eigenvalue weighted by Crippen LogP contribution is -2.35. The van der Waals surface area contributed by atoms with Crippen molar-refractivity contribution in [2.45, 2.75) is 44.7 Å². The normalized spacial score (nSPS) is 22.3. The van der Waals surface area contributed by atoms with Crippen LogP contribution in [0.15, 0.2) is 29.6 Å². The molecule has 4 rings (SSSR count). The van der Waals surface area contributed by atoms with Crippen LogP contribution in [-0.4, -0.2) is 37.9 Å². The molecule has 1 aliphatic carbocycles. The molecule has 0 N–H and O–H groups in total. The van der Waals surface area contributed by atoms with Gasteiger partial charge in [0.05, 0.1) is 23.4 Å². The van der Waals surface area contributed by atoms with Crippen LogP contribution in [-0.2, 0) is 11.3 Å². The van der Waals surface area contributed by atoms with Crippen LogP contribution in [0.4, 0.5) is 0 Å². The van der Waals surface area contributed by atoms with Gasteiger partial charge in [0.2, 0.25) is 5.91 Å². The fourth-order valence-corrected chi connectivity index (χ4v) is 3.92. The van der Waals surface area contributed by atoms with Gasteiger partial charge in [0, 0.05) is 37.7 Å². The van der Waals surface area contributed by atoms with Gasteiger partial charge >= 0.3 is 0 Å². The number of rotatable bonds is 3. The number of likely N-dealkylation sites (tertiary alicyclic amines) is 1. The molecule has 1 atom stereocenters. The van der Waals surface area contributed by atoms with Gasteiger partial charge in [0.25, 0.3) is 5.56 Å². The van der Waals surface area contributed by atoms with E-state index in [4.69, 9.17) is 0 Å². The summed E-state index contributed by atoms with van der Waals surface area (Å²) in [6.45, 7) is 1.32. The van der Waals surface area contributed by atoms with E-state index in [0.29, 0.717) is 29.9 Å². The molecule has 1 saturated carbocycles. The second-order valence-electron chi connectivity index (χ2n) is 6.65. The maximum atomic E-state index is 12.5. The van der Waals surface area contributed by atoms with Gasteiger partial charge < -0.3 is 4.90 Å². The molecule has 6 nitrogen and oxygen atoms in total. The number of hydrogen-bond donors (Lipinski definition) is 0. The standard InChI is InChI=1S/C17H20N4O2/c22-16-7-12(10-21(16)13-3-1-2-4-13)9-20-11-19-15-8-18-6-5-14(15)17(20)23/h5-6,8,11-13H,1-4,7,9-10H2/t12-/m1/s1. The monoisotopic (exact) mass is 312 g/mol. The first kappa shape index (κ1) is 14.4. The smallest absolute Gasteiger partial charge is 0.261 e. The first-order valence-electron chi connectivity index (χ1n) is 8.31. The summed E-state index contributed by atoms with van der Waals surface area (Å²) in [5.74, 6) is 0.440. The van der Waals surface area contributed by atoms with Crippen molar-refractivity contribution in [3.05, 3.63) is 35.1 Å². The highest BCUT2D eigenvalue weighted by Gasteiger charge is 2.35. The van der Waals surface area contributed by atoms with Crippen molar-refractivity contribution in [3.63, 3.8) is 0 Å². The summed E-state index contributed by atoms with van der Waals surface area (Å²) in [5.41, 5.74) is 0.563. The van der Waals surface area contributed by atoms with E-state index in [1.165, 1.54) is 12.8 Å². The molecule has 1 aliphatic heterocycles. The number of pyridine rings is 1. The molecule has 2 aliphatic rings. The van der Waals surface area contributed by atoms with Gasteiger partial charge in [-0.15, -0.1) is 0 Å². The molecule has 0 bridgehead atoms. The second-order valence-corrected chi connectivity index (χ2v) is 6.65. The third-order valence-corrected chi connectivity index (χ3v) is 5.09. The van der Waals surface area contributed by atoms with Gasteiger partial charge in [0.1, 0.15) is 0 Å². The van der Waals surface area contributed by atoms with Gasteiger partial charge in [-0.05, 0) is 18.9 Å². The highest BCUT2D eigenvalue weighted by atomic mass is 16.2. The number of carbonyl (C=O) groups excluding carboxylic acids is 1. The van der Waals surface area contributed by atoms with Gasteiger partial charge in [-0.25, -0.2) is 4.98 Å². The average molecular weight is 312 g/mol. The van der Waals surface area contributed by atoms with E-state index in [1.807, 2.05) is 4.90 Å². The Morgan fingerprint density at radius 3 is 2.87 bits per heavy atom. The van der Waals surface area contributed by atoms with Crippen LogP contribution in [0.5, 0.6) is 0 Å². The molecule has 23 heavy (non-hydrogen) atoms. The van der Waals surface area contributed by atoms with Crippen LogP contribution < -0.4 is 5.56 Å². The molecule has 0 unspecified atom stereocenters. The van der Waals surface area contributed by atoms with Crippen LogP contribution in [0, 0.1) is 5.92 Å². The third-order valence-electron chi connectivity index (χ3n) is 5.09. The van der Waals surface area contributed by atoms with Crippen molar-refractivity contribution in [2.24, 2.45) is 5.92 Å². The number of fused-ring (bicyclic) bond motifs is 1. The predicted octanol–water partition coefficient (Wildman–Crippen LogP) is 1.58. The zero-order valence-electron chi connectivity index (χ0n) is 13.0. The summed E-state index contributed by atoms with van der Waals surface area (Å²) in [7, 11) is 0. The lowest BCUT2D eigenvalue weighted by molar-refractivity contribution is -0.129. The van der Waals surface area contributed by atoms with Crippen LogP contribution in [0.25, 0.3) is 10.9 Å². The fourth-order valence-electron chi connectivity index (χ4n) is 3.92. The summed E-state index contributed by atoms with van der Waals surface area (Å²) >= 11 is 0. The topological polar surface area (TPSA) is 68.1 Å². The second kappa shape index (κ2) is 5.76. The van der Waals surface area contributed by atoms with Crippen molar-refractivity contribution >= 4 is 16.8 Å². The van der Waals surface area contributed by atoms with Crippen LogP contribution in [0.2, 0.25) is 0 Å². The number of carbonyl (C=O) groups is 1. The Balaban J connectivity index is 1.53. The van der Waals surface area contributed by atoms with Crippen molar-refractivity contribution in [2.75, 3.05) is 6.54 Å². The molecule has 3 heterocycles. The molecule has 0 aromatic carbocycles. The quantitative estimate of drug-likeness (QED) is 0.863. The summed E-state index contributed by atoms with van der Waals surface area (Å²) in [6, 6.07) is 2.12. The highest BCUT2D eigenvalue weighted by Crippen LogP contribution is 2.29. The zero-order valence-corrected chi connectivity index (χ0v) is 13.0. The Morgan fingerprint density at radius 2 is 2.04 bits per heavy atom. The van der Waals surface area contributed by atoms with Crippen molar-refractivity contribution in [1.29, 1.82) is 0 Å². The number of amides is 1. The number of nitrogens with zero attached hydrogens (tertiary/aromatic N) is 4. The van der Waals surface area contributed by atoms with Crippen molar-refractivity contribution in [3.8, 4) is 0 Å². The first-order valence-corrected chi connectivity index (χ1v) is 8.31. The number of hydrogen-bond acceptors (Lipinski definition) is 4. The molecule has 120 valence electrons. The Labute approximate surface area is 134 Å². The van der Waals surface area contributed by atoms with E-state index in [2.05, 4.69) is 9.97 Å². The van der Waals surface area contributed by atoms with Gasteiger partial charge in [-0.2, -0.15) is 0 Å². The van der Waals surface area contributed by atoms with E-state index >= 15 is 0 Å². The van der Waals surface area contributed by atoms with Crippen LogP contribution in [0.1, 0.15) is 32.1 Å². The van der Waals surface area contributed by atoms with E-state index in [1.54, 1.807) is 29.4 Å². The molecular weight excluding hydrogens is 292 g/mol. The summed E-state index contributed by atoms with van der Waals surface area (Å²) in [4.78, 5) is 35.1. The van der Waals surface area contributed by atoms with Crippen LogP contribution in [0.3, 0.4) is 0 Å². The fraction of sp³-hybridized carbons (Fsp3) is 0.529. The molecule has 0 radical (unpaired) electrons. The lowest BCUT2D eigenvalue weighted by Gasteiger charge is -2.24. The SMILES string of the molecule is O=C1C[C@H](Cn2cnc3cnccc3c2=O)CN1C1CCCC1. The molecule has 6 heteroatoms. The Bertz CT molecular complexity index is 795. The molecule has 2 aromatic heterocycles. The average Bonchev–Trinajstić information content (AvgIpc) is 3.20. The van der Waals surface area contributed by atoms with Gasteiger partial charge in [-0.3, -0.25) is 19.1 Å². The molecular formula is C17H20N4O2. The Kier molecular flexibility index (Phi) is 3.59. The van der Waals surface area contributed by atoms with Gasteiger partial charge in [0.15, 0.2) is 0 Å². The van der Waals surface area contributed by atoms with E-state index in [-0.39, 0.29) is 17.4 Å². The minimum Gasteiger partial charge on any atom is -0.339 e. The molecule has 2 fully saturated rings. The number of aromatic nitrogens is 3. The van der Waals surface area contributed by atoms with Crippen molar-refractivity contribution in [1.82, 2.24) is 19.4 Å². The largest absolute Gasteiger partial charge is 0.339 e. The zero-order chi connectivity index (χ0) is 15.8. The summed E-state index contributed by atoms with van der Waals surface area (Å²) in [5, 5.41) is 0.583. The summed E-state index contributed by atoms with van der Waals surface area (Å²) < 4.78 is 1.64. The molecule has 0 spiro atoms. The highest BCUT2D eigenvalue weighted by molar-refractivity contribution is 5.79. The van der Waals surface area contributed by atoms with Gasteiger partial charge in [-0.1, -0.05) is 12.8 Å². The molecule has 1 saturated heterocycles. The molecule has 2 aromatic rings. The van der Waals surface area contributed by atoms with Crippen LogP contribution >= 0.6 is 0 Å². The van der Waals surface area contributed by atoms with Crippen molar-refractivity contribution < 1.29 is 4.79 Å².